The van der Waals surface area contributed by atoms with Crippen molar-refractivity contribution in [1.82, 2.24) is 15.1 Å². The fraction of sp³-hybridized carbons (Fsp3) is 0.833. The standard InChI is InChI=1S/C12H23N3O3/c1-12(2)11(17)15(9-10(16)13-12)6-8-18-7-5-14(3)4/h5-9H2,1-4H3,(H,13,16). The lowest BCUT2D eigenvalue weighted by Crippen LogP contribution is -2.64. The van der Waals surface area contributed by atoms with Crippen LogP contribution in [0.15, 0.2) is 0 Å². The van der Waals surface area contributed by atoms with Crippen LogP contribution in [0, 0.1) is 0 Å². The molecule has 0 aromatic rings. The van der Waals surface area contributed by atoms with Crippen molar-refractivity contribution in [3.05, 3.63) is 0 Å². The monoisotopic (exact) mass is 257 g/mol. The van der Waals surface area contributed by atoms with E-state index in [1.165, 1.54) is 0 Å². The second kappa shape index (κ2) is 6.15. The van der Waals surface area contributed by atoms with Crippen molar-refractivity contribution in [2.75, 3.05) is 46.9 Å². The second-order valence-corrected chi connectivity index (χ2v) is 5.32. The van der Waals surface area contributed by atoms with E-state index in [0.29, 0.717) is 19.8 Å². The topological polar surface area (TPSA) is 61.9 Å². The van der Waals surface area contributed by atoms with Crippen LogP contribution in [0.25, 0.3) is 0 Å². The van der Waals surface area contributed by atoms with Crippen LogP contribution < -0.4 is 5.32 Å². The molecule has 1 saturated heterocycles. The molecule has 0 atom stereocenters. The van der Waals surface area contributed by atoms with E-state index in [1.807, 2.05) is 19.0 Å². The Bertz CT molecular complexity index is 316. The van der Waals surface area contributed by atoms with E-state index in [0.717, 1.165) is 6.54 Å². The fourth-order valence-corrected chi connectivity index (χ4v) is 1.79. The molecular weight excluding hydrogens is 234 g/mol. The maximum atomic E-state index is 12.0. The Morgan fingerprint density at radius 2 is 2.00 bits per heavy atom. The number of carbonyl (C=O) groups is 2. The first-order valence-electron chi connectivity index (χ1n) is 6.16. The van der Waals surface area contributed by atoms with Crippen LogP contribution in [0.3, 0.4) is 0 Å². The van der Waals surface area contributed by atoms with Crippen molar-refractivity contribution in [2.45, 2.75) is 19.4 Å². The summed E-state index contributed by atoms with van der Waals surface area (Å²) in [6.45, 7) is 5.95. The molecule has 1 heterocycles. The molecule has 104 valence electrons. The molecule has 0 unspecified atom stereocenters. The summed E-state index contributed by atoms with van der Waals surface area (Å²) < 4.78 is 5.43. The number of nitrogens with zero attached hydrogens (tertiary/aromatic N) is 2. The largest absolute Gasteiger partial charge is 0.378 e. The maximum absolute atomic E-state index is 12.0. The molecule has 1 N–H and O–H groups in total. The van der Waals surface area contributed by atoms with Gasteiger partial charge in [0.15, 0.2) is 0 Å². The van der Waals surface area contributed by atoms with Gasteiger partial charge in [-0.1, -0.05) is 0 Å². The van der Waals surface area contributed by atoms with E-state index in [1.54, 1.807) is 18.7 Å². The van der Waals surface area contributed by atoms with Crippen LogP contribution in [0.5, 0.6) is 0 Å². The van der Waals surface area contributed by atoms with Crippen molar-refractivity contribution >= 4 is 11.8 Å². The molecule has 1 aliphatic heterocycles. The molecule has 18 heavy (non-hydrogen) atoms. The predicted octanol–water partition coefficient (Wildman–Crippen LogP) is -0.698. The quantitative estimate of drug-likeness (QED) is 0.639. The SMILES string of the molecule is CN(C)CCOCCN1CC(=O)NC(C)(C)C1=O. The first-order chi connectivity index (χ1) is 8.33. The molecule has 0 spiro atoms. The molecule has 1 fully saturated rings. The molecule has 1 aliphatic rings. The summed E-state index contributed by atoms with van der Waals surface area (Å²) in [6.07, 6.45) is 0. The van der Waals surface area contributed by atoms with E-state index >= 15 is 0 Å². The van der Waals surface area contributed by atoms with E-state index in [9.17, 15) is 9.59 Å². The number of hydrogen-bond donors (Lipinski definition) is 1. The average Bonchev–Trinajstić information content (AvgIpc) is 2.23. The summed E-state index contributed by atoms with van der Waals surface area (Å²) in [6, 6.07) is 0. The number of rotatable bonds is 6. The number of likely N-dealkylation sites (N-methyl/N-ethyl adjacent to an activating group) is 1. The molecule has 0 aliphatic carbocycles. The van der Waals surface area contributed by atoms with Gasteiger partial charge >= 0.3 is 0 Å². The molecule has 6 nitrogen and oxygen atoms in total. The second-order valence-electron chi connectivity index (χ2n) is 5.32. The van der Waals surface area contributed by atoms with Gasteiger partial charge in [-0.3, -0.25) is 9.59 Å². The van der Waals surface area contributed by atoms with Crippen LogP contribution in [-0.4, -0.2) is 74.1 Å². The molecule has 0 saturated carbocycles. The number of carbonyl (C=O) groups excluding carboxylic acids is 2. The van der Waals surface area contributed by atoms with E-state index in [2.05, 4.69) is 5.32 Å². The van der Waals surface area contributed by atoms with Crippen LogP contribution in [-0.2, 0) is 14.3 Å². The highest BCUT2D eigenvalue weighted by atomic mass is 16.5. The van der Waals surface area contributed by atoms with Gasteiger partial charge in [0.1, 0.15) is 5.54 Å². The van der Waals surface area contributed by atoms with Crippen LogP contribution >= 0.6 is 0 Å². The number of nitrogens with one attached hydrogen (secondary N) is 1. The van der Waals surface area contributed by atoms with E-state index < -0.39 is 5.54 Å². The van der Waals surface area contributed by atoms with Crippen molar-refractivity contribution < 1.29 is 14.3 Å². The third-order valence-corrected chi connectivity index (χ3v) is 2.80. The van der Waals surface area contributed by atoms with Gasteiger partial charge in [-0.25, -0.2) is 0 Å². The third kappa shape index (κ3) is 4.27. The Labute approximate surface area is 108 Å². The Hall–Kier alpha value is -1.14. The van der Waals surface area contributed by atoms with Crippen molar-refractivity contribution in [2.24, 2.45) is 0 Å². The molecule has 0 aromatic carbocycles. The van der Waals surface area contributed by atoms with Crippen LogP contribution in [0.4, 0.5) is 0 Å². The lowest BCUT2D eigenvalue weighted by molar-refractivity contribution is -0.149. The van der Waals surface area contributed by atoms with E-state index in [4.69, 9.17) is 4.74 Å². The molecule has 0 radical (unpaired) electrons. The van der Waals surface area contributed by atoms with Crippen molar-refractivity contribution in [1.29, 1.82) is 0 Å². The van der Waals surface area contributed by atoms with Gasteiger partial charge in [-0.05, 0) is 27.9 Å². The van der Waals surface area contributed by atoms with Gasteiger partial charge in [-0.15, -0.1) is 0 Å². The first kappa shape index (κ1) is 14.9. The normalized spacial score (nSPS) is 19.3. The minimum absolute atomic E-state index is 0.0571. The van der Waals surface area contributed by atoms with Gasteiger partial charge in [0.05, 0.1) is 19.8 Å². The summed E-state index contributed by atoms with van der Waals surface area (Å²) in [5.41, 5.74) is -0.807. The predicted molar refractivity (Wildman–Crippen MR) is 68.2 cm³/mol. The van der Waals surface area contributed by atoms with Crippen LogP contribution in [0.1, 0.15) is 13.8 Å². The highest BCUT2D eigenvalue weighted by molar-refractivity contribution is 5.97. The molecular formula is C12H23N3O3. The number of piperazine rings is 1. The highest BCUT2D eigenvalue weighted by Gasteiger charge is 2.38. The molecule has 0 aromatic heterocycles. The number of hydrogen-bond acceptors (Lipinski definition) is 4. The molecule has 2 amide bonds. The zero-order chi connectivity index (χ0) is 13.8. The summed E-state index contributed by atoms with van der Waals surface area (Å²) in [4.78, 5) is 27.1. The Morgan fingerprint density at radius 1 is 1.33 bits per heavy atom. The number of ether oxygens (including phenoxy) is 1. The Balaban J connectivity index is 2.33. The lowest BCUT2D eigenvalue weighted by atomic mass is 10.0. The van der Waals surface area contributed by atoms with Gasteiger partial charge in [0, 0.05) is 13.1 Å². The summed E-state index contributed by atoms with van der Waals surface area (Å²) in [5, 5.41) is 2.67. The van der Waals surface area contributed by atoms with Gasteiger partial charge in [0.2, 0.25) is 11.8 Å². The van der Waals surface area contributed by atoms with Gasteiger partial charge in [0.25, 0.3) is 0 Å². The van der Waals surface area contributed by atoms with E-state index in [-0.39, 0.29) is 18.4 Å². The highest BCUT2D eigenvalue weighted by Crippen LogP contribution is 2.12. The van der Waals surface area contributed by atoms with Gasteiger partial charge in [-0.2, -0.15) is 0 Å². The molecule has 1 rings (SSSR count). The van der Waals surface area contributed by atoms with Crippen molar-refractivity contribution in [3.63, 3.8) is 0 Å². The minimum atomic E-state index is -0.807. The summed E-state index contributed by atoms with van der Waals surface area (Å²) in [7, 11) is 3.95. The first-order valence-corrected chi connectivity index (χ1v) is 6.16. The van der Waals surface area contributed by atoms with Crippen LogP contribution in [0.2, 0.25) is 0 Å². The maximum Gasteiger partial charge on any atom is 0.248 e. The smallest absolute Gasteiger partial charge is 0.248 e. The van der Waals surface area contributed by atoms with Gasteiger partial charge < -0.3 is 19.9 Å². The molecule has 0 bridgehead atoms. The van der Waals surface area contributed by atoms with Crippen molar-refractivity contribution in [3.8, 4) is 0 Å². The third-order valence-electron chi connectivity index (χ3n) is 2.80. The zero-order valence-electron chi connectivity index (χ0n) is 11.7. The lowest BCUT2D eigenvalue weighted by Gasteiger charge is -2.37. The average molecular weight is 257 g/mol. The summed E-state index contributed by atoms with van der Waals surface area (Å²) >= 11 is 0. The molecule has 6 heteroatoms. The Kier molecular flexibility index (Phi) is 5.10. The number of amides is 2. The Morgan fingerprint density at radius 3 is 2.61 bits per heavy atom. The summed E-state index contributed by atoms with van der Waals surface area (Å²) in [5.74, 6) is -0.175. The minimum Gasteiger partial charge on any atom is -0.378 e. The fourth-order valence-electron chi connectivity index (χ4n) is 1.79. The zero-order valence-corrected chi connectivity index (χ0v) is 11.7.